The number of nitrogens with one attached hydrogen (secondary N) is 2. The molecule has 0 aliphatic heterocycles. The lowest BCUT2D eigenvalue weighted by atomic mass is 10.2. The average molecular weight is 499 g/mol. The Morgan fingerprint density at radius 3 is 2.25 bits per heavy atom. The van der Waals surface area contributed by atoms with Crippen LogP contribution in [-0.4, -0.2) is 28.5 Å². The monoisotopic (exact) mass is 498 g/mol. The molecule has 0 heterocycles. The fraction of sp³-hybridized carbons (Fsp3) is 0.0952. The average Bonchev–Trinajstić information content (AvgIpc) is 2.75. The summed E-state index contributed by atoms with van der Waals surface area (Å²) in [6, 6.07) is 11.9. The van der Waals surface area contributed by atoms with Gasteiger partial charge in [-0.2, -0.15) is 0 Å². The molecule has 0 spiro atoms. The standard InChI is InChI=1S/C21H17Cl2FN2O5S/c1-30-19-11-20(31-2)18(10-15(19)23)26-32(28,29)12-7-8-14(22)13(9-12)21(27)25-17-6-4-3-5-16(17)24/h3-11,26H,1-2H3,(H,25,27). The number of hydrogen-bond acceptors (Lipinski definition) is 5. The maximum absolute atomic E-state index is 13.8. The van der Waals surface area contributed by atoms with E-state index in [9.17, 15) is 17.6 Å². The predicted molar refractivity (Wildman–Crippen MR) is 121 cm³/mol. The van der Waals surface area contributed by atoms with Crippen LogP contribution in [0.1, 0.15) is 10.4 Å². The number of rotatable bonds is 7. The van der Waals surface area contributed by atoms with Gasteiger partial charge in [-0.05, 0) is 36.4 Å². The van der Waals surface area contributed by atoms with Crippen molar-refractivity contribution >= 4 is 50.5 Å². The van der Waals surface area contributed by atoms with E-state index >= 15 is 0 Å². The zero-order valence-electron chi connectivity index (χ0n) is 16.8. The highest BCUT2D eigenvalue weighted by Crippen LogP contribution is 2.37. The number of anilines is 2. The molecule has 0 aliphatic carbocycles. The molecule has 168 valence electrons. The van der Waals surface area contributed by atoms with Crippen LogP contribution in [0.2, 0.25) is 10.0 Å². The molecule has 32 heavy (non-hydrogen) atoms. The van der Waals surface area contributed by atoms with Gasteiger partial charge < -0.3 is 14.8 Å². The van der Waals surface area contributed by atoms with Crippen LogP contribution < -0.4 is 19.5 Å². The van der Waals surface area contributed by atoms with E-state index in [4.69, 9.17) is 32.7 Å². The molecule has 0 atom stereocenters. The van der Waals surface area contributed by atoms with Crippen LogP contribution in [0.4, 0.5) is 15.8 Å². The SMILES string of the molecule is COc1cc(OC)c(NS(=O)(=O)c2ccc(Cl)c(C(=O)Nc3ccccc3F)c2)cc1Cl. The van der Waals surface area contributed by atoms with Gasteiger partial charge in [0.15, 0.2) is 0 Å². The van der Waals surface area contributed by atoms with Gasteiger partial charge in [-0.3, -0.25) is 9.52 Å². The van der Waals surface area contributed by atoms with Crippen LogP contribution in [0.3, 0.4) is 0 Å². The lowest BCUT2D eigenvalue weighted by Gasteiger charge is -2.15. The largest absolute Gasteiger partial charge is 0.495 e. The third-order valence-corrected chi connectivity index (χ3v) is 6.32. The number of halogens is 3. The first-order valence-electron chi connectivity index (χ1n) is 8.96. The van der Waals surface area contributed by atoms with E-state index in [0.29, 0.717) is 5.75 Å². The molecule has 11 heteroatoms. The molecule has 0 aromatic heterocycles. The number of hydrogen-bond donors (Lipinski definition) is 2. The molecule has 0 aliphatic rings. The minimum Gasteiger partial charge on any atom is -0.495 e. The smallest absolute Gasteiger partial charge is 0.262 e. The van der Waals surface area contributed by atoms with Gasteiger partial charge in [0.2, 0.25) is 0 Å². The molecule has 7 nitrogen and oxygen atoms in total. The summed E-state index contributed by atoms with van der Waals surface area (Å²) in [5.41, 5.74) is -0.166. The van der Waals surface area contributed by atoms with Gasteiger partial charge in [0.1, 0.15) is 17.3 Å². The van der Waals surface area contributed by atoms with E-state index in [2.05, 4.69) is 10.0 Å². The summed E-state index contributed by atoms with van der Waals surface area (Å²) >= 11 is 12.2. The lowest BCUT2D eigenvalue weighted by Crippen LogP contribution is -2.17. The summed E-state index contributed by atoms with van der Waals surface area (Å²) in [5.74, 6) is -0.959. The Labute approximate surface area is 194 Å². The van der Waals surface area contributed by atoms with E-state index in [-0.39, 0.29) is 37.6 Å². The van der Waals surface area contributed by atoms with E-state index in [0.717, 1.165) is 6.07 Å². The second-order valence-corrected chi connectivity index (χ2v) is 8.86. The number of sulfonamides is 1. The predicted octanol–water partition coefficient (Wildman–Crippen LogP) is 5.20. The third-order valence-electron chi connectivity index (χ3n) is 4.33. The second-order valence-electron chi connectivity index (χ2n) is 6.37. The summed E-state index contributed by atoms with van der Waals surface area (Å²) in [6.07, 6.45) is 0. The maximum Gasteiger partial charge on any atom is 0.262 e. The van der Waals surface area contributed by atoms with Crippen molar-refractivity contribution in [2.24, 2.45) is 0 Å². The molecule has 0 bridgehead atoms. The Balaban J connectivity index is 1.94. The molecule has 2 N–H and O–H groups in total. The number of carbonyl (C=O) groups is 1. The highest BCUT2D eigenvalue weighted by atomic mass is 35.5. The summed E-state index contributed by atoms with van der Waals surface area (Å²) in [7, 11) is -1.41. The van der Waals surface area contributed by atoms with Crippen LogP contribution in [0, 0.1) is 5.82 Å². The van der Waals surface area contributed by atoms with Crippen LogP contribution in [0.25, 0.3) is 0 Å². The Morgan fingerprint density at radius 1 is 0.906 bits per heavy atom. The van der Waals surface area contributed by atoms with E-state index in [1.165, 1.54) is 56.7 Å². The number of amides is 1. The highest BCUT2D eigenvalue weighted by molar-refractivity contribution is 7.92. The first kappa shape index (κ1) is 23.6. The molecule has 0 radical (unpaired) electrons. The maximum atomic E-state index is 13.8. The molecule has 3 aromatic carbocycles. The zero-order chi connectivity index (χ0) is 23.5. The van der Waals surface area contributed by atoms with Crippen molar-refractivity contribution in [3.63, 3.8) is 0 Å². The lowest BCUT2D eigenvalue weighted by molar-refractivity contribution is 0.102. The molecule has 1 amide bonds. The summed E-state index contributed by atoms with van der Waals surface area (Å²) in [6.45, 7) is 0. The fourth-order valence-electron chi connectivity index (χ4n) is 2.74. The molecule has 0 fully saturated rings. The van der Waals surface area contributed by atoms with E-state index < -0.39 is 21.7 Å². The molecule has 3 rings (SSSR count). The highest BCUT2D eigenvalue weighted by Gasteiger charge is 2.22. The van der Waals surface area contributed by atoms with Gasteiger partial charge in [0.05, 0.1) is 46.1 Å². The molecule has 3 aromatic rings. The van der Waals surface area contributed by atoms with Crippen molar-refractivity contribution in [2.75, 3.05) is 24.3 Å². The zero-order valence-corrected chi connectivity index (χ0v) is 19.1. The van der Waals surface area contributed by atoms with Crippen molar-refractivity contribution in [2.45, 2.75) is 4.90 Å². The van der Waals surface area contributed by atoms with Crippen molar-refractivity contribution in [3.8, 4) is 11.5 Å². The van der Waals surface area contributed by atoms with Gasteiger partial charge in [-0.15, -0.1) is 0 Å². The van der Waals surface area contributed by atoms with Crippen LogP contribution >= 0.6 is 23.2 Å². The third kappa shape index (κ3) is 5.07. The van der Waals surface area contributed by atoms with Crippen molar-refractivity contribution in [1.82, 2.24) is 0 Å². The van der Waals surface area contributed by atoms with Gasteiger partial charge in [-0.25, -0.2) is 12.8 Å². The first-order valence-corrected chi connectivity index (χ1v) is 11.2. The van der Waals surface area contributed by atoms with E-state index in [1.54, 1.807) is 6.07 Å². The number of para-hydroxylation sites is 1. The normalized spacial score (nSPS) is 11.0. The van der Waals surface area contributed by atoms with Gasteiger partial charge in [0.25, 0.3) is 15.9 Å². The van der Waals surface area contributed by atoms with Crippen LogP contribution in [0.15, 0.2) is 59.5 Å². The first-order chi connectivity index (χ1) is 15.2. The van der Waals surface area contributed by atoms with Crippen LogP contribution in [-0.2, 0) is 10.0 Å². The minimum atomic E-state index is -4.18. The summed E-state index contributed by atoms with van der Waals surface area (Å²) in [4.78, 5) is 12.4. The summed E-state index contributed by atoms with van der Waals surface area (Å²) in [5, 5.41) is 2.52. The van der Waals surface area contributed by atoms with Gasteiger partial charge in [0, 0.05) is 6.07 Å². The van der Waals surface area contributed by atoms with Crippen molar-refractivity contribution in [3.05, 3.63) is 76.0 Å². The quantitative estimate of drug-likeness (QED) is 0.466. The Kier molecular flexibility index (Phi) is 7.12. The van der Waals surface area contributed by atoms with Crippen LogP contribution in [0.5, 0.6) is 11.5 Å². The molecule has 0 unspecified atom stereocenters. The number of ether oxygens (including phenoxy) is 2. The molecular weight excluding hydrogens is 482 g/mol. The topological polar surface area (TPSA) is 93.7 Å². The minimum absolute atomic E-state index is 0.0112. The molecule has 0 saturated carbocycles. The Hall–Kier alpha value is -3.01. The number of carbonyl (C=O) groups excluding carboxylic acids is 1. The summed E-state index contributed by atoms with van der Waals surface area (Å²) < 4.78 is 52.4. The molecular formula is C21H17Cl2FN2O5S. The second kappa shape index (κ2) is 9.64. The number of methoxy groups -OCH3 is 2. The van der Waals surface area contributed by atoms with Crippen molar-refractivity contribution < 1.29 is 27.1 Å². The molecule has 0 saturated heterocycles. The Bertz CT molecular complexity index is 1290. The van der Waals surface area contributed by atoms with Gasteiger partial charge >= 0.3 is 0 Å². The van der Waals surface area contributed by atoms with Crippen molar-refractivity contribution in [1.29, 1.82) is 0 Å². The number of benzene rings is 3. The Morgan fingerprint density at radius 2 is 1.59 bits per heavy atom. The van der Waals surface area contributed by atoms with E-state index in [1.807, 2.05) is 0 Å². The fourth-order valence-corrected chi connectivity index (χ4v) is 4.27. The van der Waals surface area contributed by atoms with Gasteiger partial charge in [-0.1, -0.05) is 35.3 Å².